The van der Waals surface area contributed by atoms with Crippen molar-refractivity contribution < 1.29 is 4.74 Å². The average Bonchev–Trinajstić information content (AvgIpc) is 2.37. The van der Waals surface area contributed by atoms with Gasteiger partial charge in [0, 0.05) is 25.7 Å². The fourth-order valence-corrected chi connectivity index (χ4v) is 3.99. The minimum absolute atomic E-state index is 0.127. The third-order valence-corrected chi connectivity index (χ3v) is 5.19. The van der Waals surface area contributed by atoms with Crippen LogP contribution in [0.2, 0.25) is 0 Å². The lowest BCUT2D eigenvalue weighted by atomic mass is 9.78. The normalized spacial score (nSPS) is 35.8. The molecule has 0 aromatic heterocycles. The Morgan fingerprint density at radius 2 is 1.94 bits per heavy atom. The number of nitrogens with one attached hydrogen (secondary N) is 1. The van der Waals surface area contributed by atoms with E-state index in [1.165, 1.54) is 45.1 Å². The summed E-state index contributed by atoms with van der Waals surface area (Å²) in [5.41, 5.74) is 0.127. The Kier molecular flexibility index (Phi) is 3.92. The van der Waals surface area contributed by atoms with Crippen molar-refractivity contribution in [2.75, 3.05) is 32.8 Å². The van der Waals surface area contributed by atoms with Crippen molar-refractivity contribution in [3.8, 4) is 0 Å². The maximum atomic E-state index is 6.04. The lowest BCUT2D eigenvalue weighted by molar-refractivity contribution is -0.0797. The molecule has 1 saturated carbocycles. The molecule has 3 fully saturated rings. The van der Waals surface area contributed by atoms with Crippen LogP contribution in [-0.4, -0.2) is 49.3 Å². The van der Waals surface area contributed by atoms with Gasteiger partial charge in [0.15, 0.2) is 0 Å². The summed E-state index contributed by atoms with van der Waals surface area (Å²) in [4.78, 5) is 2.72. The van der Waals surface area contributed by atoms with Gasteiger partial charge in [0.1, 0.15) is 0 Å². The van der Waals surface area contributed by atoms with Crippen molar-refractivity contribution in [3.05, 3.63) is 0 Å². The SMILES string of the molecule is CC1(OCCN2CCCC3CCCCC32)CNC1. The largest absolute Gasteiger partial charge is 0.371 e. The predicted octanol–water partition coefficient (Wildman–Crippen LogP) is 2.02. The van der Waals surface area contributed by atoms with Crippen LogP contribution in [0.4, 0.5) is 0 Å². The zero-order chi connectivity index (χ0) is 12.4. The summed E-state index contributed by atoms with van der Waals surface area (Å²) in [5, 5.41) is 3.30. The zero-order valence-corrected chi connectivity index (χ0v) is 11.8. The Hall–Kier alpha value is -0.120. The topological polar surface area (TPSA) is 24.5 Å². The van der Waals surface area contributed by atoms with E-state index in [-0.39, 0.29) is 5.60 Å². The van der Waals surface area contributed by atoms with Gasteiger partial charge in [0.05, 0.1) is 12.2 Å². The Balaban J connectivity index is 1.45. The van der Waals surface area contributed by atoms with Crippen LogP contribution in [-0.2, 0) is 4.74 Å². The number of ether oxygens (including phenoxy) is 1. The highest BCUT2D eigenvalue weighted by Crippen LogP contribution is 2.35. The first-order valence-corrected chi connectivity index (χ1v) is 7.86. The molecular formula is C15H28N2O. The van der Waals surface area contributed by atoms with Crippen LogP contribution in [0, 0.1) is 5.92 Å². The van der Waals surface area contributed by atoms with E-state index in [0.29, 0.717) is 0 Å². The first-order chi connectivity index (χ1) is 8.77. The molecule has 3 heteroatoms. The highest BCUT2D eigenvalue weighted by atomic mass is 16.5. The molecule has 0 bridgehead atoms. The molecule has 3 aliphatic rings. The van der Waals surface area contributed by atoms with Gasteiger partial charge in [-0.05, 0) is 45.1 Å². The predicted molar refractivity (Wildman–Crippen MR) is 73.8 cm³/mol. The van der Waals surface area contributed by atoms with Crippen molar-refractivity contribution in [2.45, 2.75) is 57.1 Å². The summed E-state index contributed by atoms with van der Waals surface area (Å²) < 4.78 is 6.04. The van der Waals surface area contributed by atoms with Crippen molar-refractivity contribution in [3.63, 3.8) is 0 Å². The molecule has 0 spiro atoms. The molecule has 2 atom stereocenters. The minimum Gasteiger partial charge on any atom is -0.371 e. The molecule has 104 valence electrons. The molecule has 1 aliphatic carbocycles. The number of hydrogen-bond acceptors (Lipinski definition) is 3. The number of hydrogen-bond donors (Lipinski definition) is 1. The number of likely N-dealkylation sites (tertiary alicyclic amines) is 1. The van der Waals surface area contributed by atoms with E-state index in [1.807, 2.05) is 0 Å². The second-order valence-corrected chi connectivity index (χ2v) is 6.69. The first-order valence-electron chi connectivity index (χ1n) is 7.86. The molecule has 1 N–H and O–H groups in total. The van der Waals surface area contributed by atoms with Crippen LogP contribution in [0.5, 0.6) is 0 Å². The molecule has 0 amide bonds. The fraction of sp³-hybridized carbons (Fsp3) is 1.00. The summed E-state index contributed by atoms with van der Waals surface area (Å²) in [6.45, 7) is 7.65. The van der Waals surface area contributed by atoms with E-state index in [2.05, 4.69) is 17.1 Å². The van der Waals surface area contributed by atoms with E-state index < -0.39 is 0 Å². The smallest absolute Gasteiger partial charge is 0.0902 e. The van der Waals surface area contributed by atoms with Crippen LogP contribution in [0.1, 0.15) is 45.4 Å². The highest BCUT2D eigenvalue weighted by molar-refractivity contribution is 4.91. The van der Waals surface area contributed by atoms with E-state index in [9.17, 15) is 0 Å². The third-order valence-electron chi connectivity index (χ3n) is 5.19. The summed E-state index contributed by atoms with van der Waals surface area (Å²) in [6.07, 6.45) is 8.70. The van der Waals surface area contributed by atoms with Gasteiger partial charge >= 0.3 is 0 Å². The minimum atomic E-state index is 0.127. The molecule has 0 aromatic carbocycles. The van der Waals surface area contributed by atoms with Crippen LogP contribution in [0.15, 0.2) is 0 Å². The van der Waals surface area contributed by atoms with Gasteiger partial charge in [-0.1, -0.05) is 12.8 Å². The summed E-state index contributed by atoms with van der Waals surface area (Å²) >= 11 is 0. The maximum Gasteiger partial charge on any atom is 0.0902 e. The lowest BCUT2D eigenvalue weighted by Gasteiger charge is -2.45. The van der Waals surface area contributed by atoms with E-state index >= 15 is 0 Å². The van der Waals surface area contributed by atoms with Crippen LogP contribution < -0.4 is 5.32 Å². The van der Waals surface area contributed by atoms with E-state index in [4.69, 9.17) is 4.74 Å². The number of fused-ring (bicyclic) bond motifs is 1. The Labute approximate surface area is 111 Å². The van der Waals surface area contributed by atoms with Gasteiger partial charge in [-0.25, -0.2) is 0 Å². The van der Waals surface area contributed by atoms with Crippen LogP contribution in [0.3, 0.4) is 0 Å². The van der Waals surface area contributed by atoms with Gasteiger partial charge in [0.25, 0.3) is 0 Å². The average molecular weight is 252 g/mol. The number of piperidine rings is 1. The third kappa shape index (κ3) is 2.73. The Morgan fingerprint density at radius 3 is 2.72 bits per heavy atom. The lowest BCUT2D eigenvalue weighted by Crippen LogP contribution is -2.59. The second-order valence-electron chi connectivity index (χ2n) is 6.69. The van der Waals surface area contributed by atoms with Gasteiger partial charge < -0.3 is 10.1 Å². The molecule has 18 heavy (non-hydrogen) atoms. The summed E-state index contributed by atoms with van der Waals surface area (Å²) in [6, 6.07) is 0.878. The number of rotatable bonds is 4. The first kappa shape index (κ1) is 12.9. The van der Waals surface area contributed by atoms with Crippen molar-refractivity contribution in [1.29, 1.82) is 0 Å². The van der Waals surface area contributed by atoms with Gasteiger partial charge in [-0.2, -0.15) is 0 Å². The van der Waals surface area contributed by atoms with Crippen LogP contribution in [0.25, 0.3) is 0 Å². The quantitative estimate of drug-likeness (QED) is 0.828. The molecule has 2 aliphatic heterocycles. The van der Waals surface area contributed by atoms with Gasteiger partial charge in [-0.15, -0.1) is 0 Å². The monoisotopic (exact) mass is 252 g/mol. The van der Waals surface area contributed by atoms with E-state index in [1.54, 1.807) is 0 Å². The zero-order valence-electron chi connectivity index (χ0n) is 11.8. The Morgan fingerprint density at radius 1 is 1.17 bits per heavy atom. The van der Waals surface area contributed by atoms with Gasteiger partial charge in [-0.3, -0.25) is 4.90 Å². The molecule has 3 nitrogen and oxygen atoms in total. The molecule has 0 radical (unpaired) electrons. The van der Waals surface area contributed by atoms with E-state index in [0.717, 1.165) is 38.2 Å². The number of nitrogens with zero attached hydrogens (tertiary/aromatic N) is 1. The summed E-state index contributed by atoms with van der Waals surface area (Å²) in [7, 11) is 0. The van der Waals surface area contributed by atoms with Crippen molar-refractivity contribution in [1.82, 2.24) is 10.2 Å². The molecular weight excluding hydrogens is 224 g/mol. The fourth-order valence-electron chi connectivity index (χ4n) is 3.99. The highest BCUT2D eigenvalue weighted by Gasteiger charge is 2.35. The van der Waals surface area contributed by atoms with Crippen molar-refractivity contribution >= 4 is 0 Å². The standard InChI is InChI=1S/C15H28N2O/c1-15(11-16-12-15)18-10-9-17-8-4-6-13-5-2-3-7-14(13)17/h13-14,16H,2-12H2,1H3. The van der Waals surface area contributed by atoms with Gasteiger partial charge in [0.2, 0.25) is 0 Å². The van der Waals surface area contributed by atoms with Crippen LogP contribution >= 0.6 is 0 Å². The molecule has 3 rings (SSSR count). The molecule has 2 unspecified atom stereocenters. The Bertz CT molecular complexity index is 276. The molecule has 0 aromatic rings. The molecule has 2 heterocycles. The van der Waals surface area contributed by atoms with Crippen molar-refractivity contribution in [2.24, 2.45) is 5.92 Å². The summed E-state index contributed by atoms with van der Waals surface area (Å²) in [5.74, 6) is 0.994. The molecule has 2 saturated heterocycles. The maximum absolute atomic E-state index is 6.04. The second kappa shape index (κ2) is 5.48.